The van der Waals surface area contributed by atoms with Crippen LogP contribution in [0.25, 0.3) is 0 Å². The van der Waals surface area contributed by atoms with Crippen molar-refractivity contribution < 1.29 is 14.8 Å². The van der Waals surface area contributed by atoms with Gasteiger partial charge in [0.15, 0.2) is 0 Å². The third kappa shape index (κ3) is 2.49. The van der Waals surface area contributed by atoms with E-state index >= 15 is 0 Å². The second-order valence-corrected chi connectivity index (χ2v) is 4.23. The molecule has 0 saturated heterocycles. The van der Waals surface area contributed by atoms with E-state index in [1.54, 1.807) is 33.0 Å². The zero-order chi connectivity index (χ0) is 14.2. The monoisotopic (exact) mass is 263 g/mol. The second-order valence-electron chi connectivity index (χ2n) is 4.23. The molecule has 0 atom stereocenters. The Balaban J connectivity index is 2.46. The Morgan fingerprint density at radius 2 is 2.05 bits per heavy atom. The Labute approximate surface area is 109 Å². The van der Waals surface area contributed by atoms with Crippen LogP contribution in [0.15, 0.2) is 18.2 Å². The minimum Gasteiger partial charge on any atom is -0.508 e. The summed E-state index contributed by atoms with van der Waals surface area (Å²) in [5.41, 5.74) is 0.888. The number of rotatable bonds is 3. The molecule has 2 aromatic rings. The molecule has 0 aliphatic carbocycles. The number of hydrogen-bond donors (Lipinski definition) is 1. The molecule has 7 heteroatoms. The summed E-state index contributed by atoms with van der Waals surface area (Å²) in [5.74, 6) is 0.396. The molecule has 0 unspecified atom stereocenters. The number of benzene rings is 1. The molecule has 0 bridgehead atoms. The average Bonchev–Trinajstić information content (AvgIpc) is 2.52. The summed E-state index contributed by atoms with van der Waals surface area (Å²) < 4.78 is 6.78. The zero-order valence-corrected chi connectivity index (χ0v) is 10.7. The predicted molar refractivity (Wildman–Crippen MR) is 67.5 cm³/mol. The Morgan fingerprint density at radius 3 is 2.63 bits per heavy atom. The van der Waals surface area contributed by atoms with Crippen molar-refractivity contribution in [2.45, 2.75) is 13.8 Å². The van der Waals surface area contributed by atoms with Gasteiger partial charge in [0, 0.05) is 13.1 Å². The molecular formula is C12H13N3O4. The van der Waals surface area contributed by atoms with Crippen molar-refractivity contribution >= 4 is 5.69 Å². The highest BCUT2D eigenvalue weighted by Gasteiger charge is 2.26. The van der Waals surface area contributed by atoms with Crippen LogP contribution in [0.1, 0.15) is 11.3 Å². The van der Waals surface area contributed by atoms with Crippen molar-refractivity contribution in [2.75, 3.05) is 0 Å². The molecule has 0 fully saturated rings. The highest BCUT2D eigenvalue weighted by molar-refractivity contribution is 5.48. The fourth-order valence-corrected chi connectivity index (χ4v) is 1.85. The maximum atomic E-state index is 11.0. The van der Waals surface area contributed by atoms with Gasteiger partial charge in [0.1, 0.15) is 17.2 Å². The van der Waals surface area contributed by atoms with Crippen molar-refractivity contribution in [3.05, 3.63) is 39.6 Å². The summed E-state index contributed by atoms with van der Waals surface area (Å²) in [4.78, 5) is 10.5. The molecule has 0 aliphatic heterocycles. The van der Waals surface area contributed by atoms with Gasteiger partial charge in [-0.15, -0.1) is 0 Å². The number of nitro groups is 1. The number of aryl methyl sites for hydroxylation is 3. The maximum Gasteiger partial charge on any atom is 0.353 e. The molecule has 19 heavy (non-hydrogen) atoms. The van der Waals surface area contributed by atoms with Crippen LogP contribution >= 0.6 is 0 Å². The van der Waals surface area contributed by atoms with Gasteiger partial charge in [0.05, 0.1) is 4.92 Å². The summed E-state index contributed by atoms with van der Waals surface area (Å²) >= 11 is 0. The Kier molecular flexibility index (Phi) is 3.12. The van der Waals surface area contributed by atoms with Crippen LogP contribution in [0, 0.1) is 24.0 Å². The van der Waals surface area contributed by atoms with E-state index in [1.807, 2.05) is 0 Å². The summed E-state index contributed by atoms with van der Waals surface area (Å²) in [6.45, 7) is 3.33. The minimum absolute atomic E-state index is 0.0347. The van der Waals surface area contributed by atoms with Gasteiger partial charge in [-0.25, -0.2) is 4.68 Å². The first kappa shape index (κ1) is 12.9. The van der Waals surface area contributed by atoms with Crippen molar-refractivity contribution in [1.82, 2.24) is 9.78 Å². The van der Waals surface area contributed by atoms with Crippen molar-refractivity contribution in [2.24, 2.45) is 7.05 Å². The molecule has 100 valence electrons. The van der Waals surface area contributed by atoms with Gasteiger partial charge in [0.25, 0.3) is 5.88 Å². The van der Waals surface area contributed by atoms with E-state index in [0.29, 0.717) is 5.75 Å². The lowest BCUT2D eigenvalue weighted by Crippen LogP contribution is -1.97. The minimum atomic E-state index is -0.534. The van der Waals surface area contributed by atoms with E-state index in [-0.39, 0.29) is 23.0 Å². The topological polar surface area (TPSA) is 90.4 Å². The van der Waals surface area contributed by atoms with Crippen LogP contribution in [0.3, 0.4) is 0 Å². The maximum absolute atomic E-state index is 11.0. The van der Waals surface area contributed by atoms with E-state index in [4.69, 9.17) is 4.74 Å². The average molecular weight is 263 g/mol. The first-order valence-electron chi connectivity index (χ1n) is 5.55. The van der Waals surface area contributed by atoms with E-state index in [0.717, 1.165) is 5.56 Å². The predicted octanol–water partition coefficient (Wildman–Crippen LogP) is 2.44. The Hall–Kier alpha value is -2.57. The molecule has 2 rings (SSSR count). The van der Waals surface area contributed by atoms with E-state index in [2.05, 4.69) is 5.10 Å². The summed E-state index contributed by atoms with van der Waals surface area (Å²) in [5, 5.41) is 24.5. The Morgan fingerprint density at radius 1 is 1.37 bits per heavy atom. The van der Waals surface area contributed by atoms with Gasteiger partial charge in [-0.3, -0.25) is 10.1 Å². The molecule has 1 aromatic heterocycles. The van der Waals surface area contributed by atoms with Crippen LogP contribution in [0.2, 0.25) is 0 Å². The van der Waals surface area contributed by atoms with E-state index in [9.17, 15) is 15.2 Å². The third-order valence-corrected chi connectivity index (χ3v) is 2.57. The van der Waals surface area contributed by atoms with E-state index in [1.165, 1.54) is 10.7 Å². The molecule has 0 radical (unpaired) electrons. The van der Waals surface area contributed by atoms with Gasteiger partial charge in [-0.2, -0.15) is 5.10 Å². The first-order chi connectivity index (χ1) is 8.88. The number of phenols is 1. The van der Waals surface area contributed by atoms with Crippen LogP contribution < -0.4 is 4.74 Å². The van der Waals surface area contributed by atoms with Crippen LogP contribution in [0.4, 0.5) is 5.69 Å². The largest absolute Gasteiger partial charge is 0.508 e. The third-order valence-electron chi connectivity index (χ3n) is 2.57. The number of hydrogen-bond acceptors (Lipinski definition) is 5. The van der Waals surface area contributed by atoms with Crippen molar-refractivity contribution in [3.8, 4) is 17.4 Å². The summed E-state index contributed by atoms with van der Waals surface area (Å²) in [6.07, 6.45) is 0. The van der Waals surface area contributed by atoms with Gasteiger partial charge in [-0.1, -0.05) is 0 Å². The summed E-state index contributed by atoms with van der Waals surface area (Å²) in [7, 11) is 1.56. The lowest BCUT2D eigenvalue weighted by Gasteiger charge is -2.06. The zero-order valence-electron chi connectivity index (χ0n) is 10.7. The van der Waals surface area contributed by atoms with Crippen LogP contribution in [-0.2, 0) is 7.05 Å². The number of nitrogens with zero attached hydrogens (tertiary/aromatic N) is 3. The first-order valence-corrected chi connectivity index (χ1v) is 5.55. The number of ether oxygens (including phenoxy) is 1. The molecular weight excluding hydrogens is 250 g/mol. The van der Waals surface area contributed by atoms with Gasteiger partial charge >= 0.3 is 5.69 Å². The molecule has 1 N–H and O–H groups in total. The fraction of sp³-hybridized carbons (Fsp3) is 0.250. The molecule has 7 nitrogen and oxygen atoms in total. The van der Waals surface area contributed by atoms with Crippen LogP contribution in [0.5, 0.6) is 17.4 Å². The fourth-order valence-electron chi connectivity index (χ4n) is 1.85. The van der Waals surface area contributed by atoms with Gasteiger partial charge in [-0.05, 0) is 31.5 Å². The van der Waals surface area contributed by atoms with Crippen molar-refractivity contribution in [1.29, 1.82) is 0 Å². The molecule has 0 amide bonds. The lowest BCUT2D eigenvalue weighted by molar-refractivity contribution is -0.386. The highest BCUT2D eigenvalue weighted by Crippen LogP contribution is 2.34. The quantitative estimate of drug-likeness (QED) is 0.678. The lowest BCUT2D eigenvalue weighted by atomic mass is 10.2. The molecule has 1 aromatic carbocycles. The number of aromatic nitrogens is 2. The second kappa shape index (κ2) is 4.60. The number of aromatic hydroxyl groups is 1. The van der Waals surface area contributed by atoms with Crippen LogP contribution in [-0.4, -0.2) is 19.8 Å². The van der Waals surface area contributed by atoms with E-state index < -0.39 is 4.92 Å². The molecule has 0 aliphatic rings. The van der Waals surface area contributed by atoms with Gasteiger partial charge < -0.3 is 9.84 Å². The molecule has 0 spiro atoms. The summed E-state index contributed by atoms with van der Waals surface area (Å²) in [6, 6.07) is 4.63. The normalized spacial score (nSPS) is 10.5. The SMILES string of the molecule is Cc1cc(O)cc(Oc2c([N+](=O)[O-])c(C)nn2C)c1. The van der Waals surface area contributed by atoms with Crippen molar-refractivity contribution in [3.63, 3.8) is 0 Å². The molecule has 1 heterocycles. The number of phenolic OH excluding ortho intramolecular Hbond substituents is 1. The highest BCUT2D eigenvalue weighted by atomic mass is 16.6. The van der Waals surface area contributed by atoms with Gasteiger partial charge in [0.2, 0.25) is 0 Å². The standard InChI is InChI=1S/C12H13N3O4/c1-7-4-9(16)6-10(5-7)19-12-11(15(17)18)8(2)13-14(12)3/h4-6,16H,1-3H3. The molecule has 0 saturated carbocycles. The smallest absolute Gasteiger partial charge is 0.353 e. The Bertz CT molecular complexity index is 628.